The molecule has 0 aromatic carbocycles. The monoisotopic (exact) mass is 190 g/mol. The van der Waals surface area contributed by atoms with E-state index in [4.69, 9.17) is 0 Å². The zero-order chi connectivity index (χ0) is 2.71. The smallest absolute Gasteiger partial charge is 0 e. The molecular formula is H5BMoSiTi. The Labute approximate surface area is 53.4 Å². The minimum absolute atomic E-state index is 0. The predicted molar refractivity (Wildman–Crippen MR) is 18.5 cm³/mol. The molecule has 4 heavy (non-hydrogen) atoms. The number of rotatable bonds is 0. The van der Waals surface area contributed by atoms with E-state index in [2.05, 4.69) is 6.11 Å². The van der Waals surface area contributed by atoms with Gasteiger partial charge >= 0.3 is 32.0 Å². The van der Waals surface area contributed by atoms with Crippen LogP contribution in [0.25, 0.3) is 0 Å². The van der Waals surface area contributed by atoms with Crippen molar-refractivity contribution in [1.82, 2.24) is 0 Å². The minimum Gasteiger partial charge on any atom is 0 e. The van der Waals surface area contributed by atoms with Crippen molar-refractivity contribution in [2.24, 2.45) is 0 Å². The zero-order valence-electron chi connectivity index (χ0n) is 2.91. The predicted octanol–water partition coefficient (Wildman–Crippen LogP) is -2.11. The van der Waals surface area contributed by atoms with Crippen molar-refractivity contribution in [3.05, 3.63) is 0 Å². The second-order valence-electron chi connectivity index (χ2n) is 0.408. The van der Waals surface area contributed by atoms with Crippen LogP contribution >= 0.6 is 0 Å². The quantitative estimate of drug-likeness (QED) is 0.381. The molecule has 0 bridgehead atoms. The van der Waals surface area contributed by atoms with Crippen molar-refractivity contribution in [2.75, 3.05) is 0 Å². The normalized spacial score (nSPS) is 5.00. The summed E-state index contributed by atoms with van der Waals surface area (Å²) in [6, 6.07) is 0. The molecule has 4 heteroatoms. The summed E-state index contributed by atoms with van der Waals surface area (Å²) in [5.41, 5.74) is 0. The summed E-state index contributed by atoms with van der Waals surface area (Å²) in [4.78, 5) is 0. The van der Waals surface area contributed by atoms with Gasteiger partial charge in [0.15, 0.2) is 0 Å². The largest absolute Gasteiger partial charge is 0 e. The second-order valence-corrected chi connectivity index (χ2v) is 7.25. The van der Waals surface area contributed by atoms with Crippen LogP contribution in [0, 0.1) is 0 Å². The molecule has 0 nitrogen and oxygen atoms in total. The van der Waals surface area contributed by atoms with Crippen LogP contribution in [0.3, 0.4) is 0 Å². The Bertz CT molecular complexity index is 8.00. The molecule has 0 amide bonds. The summed E-state index contributed by atoms with van der Waals surface area (Å²) >= 11 is 0.609. The number of hydrogen-bond acceptors (Lipinski definition) is 0. The van der Waals surface area contributed by atoms with Gasteiger partial charge in [0.05, 0.1) is 0 Å². The van der Waals surface area contributed by atoms with Gasteiger partial charge in [-0.2, -0.15) is 0 Å². The molecule has 0 fully saturated rings. The van der Waals surface area contributed by atoms with Crippen molar-refractivity contribution in [2.45, 2.75) is 0 Å². The number of hydrogen-bond donors (Lipinski definition) is 0. The fraction of sp³-hybridized carbons (Fsp3) is 0. The molecule has 0 unspecified atom stereocenters. The maximum atomic E-state index is 2.32. The molecule has 0 aliphatic rings. The maximum Gasteiger partial charge on any atom is 0 e. The summed E-state index contributed by atoms with van der Waals surface area (Å²) in [7, 11) is 1.50. The van der Waals surface area contributed by atoms with E-state index >= 15 is 0 Å². The zero-order valence-corrected chi connectivity index (χ0v) is 8.48. The molecule has 0 spiro atoms. The molecule has 0 heterocycles. The van der Waals surface area contributed by atoms with E-state index in [9.17, 15) is 0 Å². The van der Waals surface area contributed by atoms with Crippen LogP contribution in [0.1, 0.15) is 0 Å². The van der Waals surface area contributed by atoms with Crippen LogP contribution < -0.4 is 0 Å². The third kappa shape index (κ3) is 9.36. The third-order valence-electron chi connectivity index (χ3n) is 0. The van der Waals surface area contributed by atoms with Crippen LogP contribution in [0.5, 0.6) is 0 Å². The van der Waals surface area contributed by atoms with Crippen LogP contribution in [-0.4, -0.2) is 14.3 Å². The summed E-state index contributed by atoms with van der Waals surface area (Å²) in [6.07, 6.45) is 2.32. The summed E-state index contributed by atoms with van der Waals surface area (Å²) in [5.74, 6) is 0. The molecule has 0 aromatic rings. The molecule has 0 aliphatic carbocycles. The first-order chi connectivity index (χ1) is 1.41. The Hall–Kier alpha value is 1.68. The van der Waals surface area contributed by atoms with Gasteiger partial charge in [-0.3, -0.25) is 0 Å². The van der Waals surface area contributed by atoms with Gasteiger partial charge in [0.1, 0.15) is 0 Å². The standard InChI is InChI=1S/BH2.Mo.H3Si.Ti/h1H2;;1H3;/q+1;-1;;. The van der Waals surface area contributed by atoms with Crippen LogP contribution in [0.4, 0.5) is 0 Å². The van der Waals surface area contributed by atoms with Gasteiger partial charge in [0.25, 0.3) is 0 Å². The second kappa shape index (κ2) is 8.82. The van der Waals surface area contributed by atoms with Crippen molar-refractivity contribution in [3.8, 4) is 0 Å². The van der Waals surface area contributed by atoms with E-state index in [0.717, 1.165) is 0 Å². The molecule has 0 N–H and O–H groups in total. The Morgan fingerprint density at radius 3 is 1.75 bits per heavy atom. The van der Waals surface area contributed by atoms with E-state index in [-0.39, 0.29) is 21.7 Å². The summed E-state index contributed by atoms with van der Waals surface area (Å²) in [6.45, 7) is 0. The van der Waals surface area contributed by atoms with E-state index in [1.807, 2.05) is 0 Å². The van der Waals surface area contributed by atoms with Gasteiger partial charge in [-0.05, 0) is 0 Å². The average Bonchev–Trinajstić information content (AvgIpc) is 0.918. The van der Waals surface area contributed by atoms with E-state index in [1.54, 1.807) is 0 Å². The van der Waals surface area contributed by atoms with Crippen molar-refractivity contribution in [3.63, 3.8) is 0 Å². The summed E-state index contributed by atoms with van der Waals surface area (Å²) in [5, 5.41) is 0. The Balaban J connectivity index is 0. The molecule has 0 aliphatic heterocycles. The maximum absolute atomic E-state index is 2.32. The fourth-order valence-electron chi connectivity index (χ4n) is 0. The molecule has 0 saturated heterocycles. The van der Waals surface area contributed by atoms with Gasteiger partial charge in [-0.25, -0.2) is 0 Å². The molecule has 0 saturated carbocycles. The summed E-state index contributed by atoms with van der Waals surface area (Å²) < 4.78 is 0. The molecular weight excluding hydrogens is 183 g/mol. The van der Waals surface area contributed by atoms with Crippen LogP contribution in [0.2, 0.25) is 0 Å². The van der Waals surface area contributed by atoms with Gasteiger partial charge < -0.3 is 0 Å². The van der Waals surface area contributed by atoms with E-state index in [0.29, 0.717) is 17.6 Å². The van der Waals surface area contributed by atoms with Crippen molar-refractivity contribution in [1.29, 1.82) is 0 Å². The Morgan fingerprint density at radius 2 is 1.75 bits per heavy atom. The molecule has 0 rings (SSSR count). The first kappa shape index (κ1) is 9.19. The van der Waals surface area contributed by atoms with Gasteiger partial charge in [0.2, 0.25) is 0 Å². The van der Waals surface area contributed by atoms with Crippen molar-refractivity contribution < 1.29 is 39.3 Å². The molecule has 0 radical (unpaired) electrons. The molecule has 22 valence electrons. The molecule has 0 aromatic heterocycles. The average molecular weight is 188 g/mol. The van der Waals surface area contributed by atoms with Crippen molar-refractivity contribution >= 4 is 14.3 Å². The first-order valence-electron chi connectivity index (χ1n) is 0.816. The third-order valence-corrected chi connectivity index (χ3v) is 0. The van der Waals surface area contributed by atoms with E-state index < -0.39 is 0 Å². The van der Waals surface area contributed by atoms with E-state index in [1.165, 1.54) is 8.21 Å². The first-order valence-corrected chi connectivity index (χ1v) is 9.66. The van der Waals surface area contributed by atoms with Crippen LogP contribution in [-0.2, 0) is 39.3 Å². The van der Waals surface area contributed by atoms with Gasteiger partial charge in [0, 0.05) is 21.7 Å². The SMILES string of the molecule is [BH2][Mo][SiH3].[Ti]. The minimum atomic E-state index is 0. The molecule has 0 atom stereocenters. The Morgan fingerprint density at radius 1 is 1.75 bits per heavy atom. The van der Waals surface area contributed by atoms with Gasteiger partial charge in [-0.15, -0.1) is 0 Å². The van der Waals surface area contributed by atoms with Crippen LogP contribution in [0.15, 0.2) is 0 Å². The Kier molecular flexibility index (Phi) is 20.3. The fourth-order valence-corrected chi connectivity index (χ4v) is 0. The topological polar surface area (TPSA) is 0 Å². The van der Waals surface area contributed by atoms with Gasteiger partial charge in [-0.1, -0.05) is 0 Å².